The molecule has 1 aliphatic carbocycles. The van der Waals surface area contributed by atoms with Crippen molar-refractivity contribution >= 4 is 5.91 Å². The highest BCUT2D eigenvalue weighted by molar-refractivity contribution is 5.92. The first-order valence-corrected chi connectivity index (χ1v) is 7.54. The molecule has 21 heavy (non-hydrogen) atoms. The van der Waals surface area contributed by atoms with Crippen molar-refractivity contribution in [2.24, 2.45) is 0 Å². The number of carbonyl (C=O) groups is 1. The predicted octanol–water partition coefficient (Wildman–Crippen LogP) is 2.77. The Morgan fingerprint density at radius 3 is 2.71 bits per heavy atom. The molecule has 0 bridgehead atoms. The fourth-order valence-corrected chi connectivity index (χ4v) is 3.17. The van der Waals surface area contributed by atoms with Crippen molar-refractivity contribution in [1.82, 2.24) is 5.32 Å². The van der Waals surface area contributed by atoms with Gasteiger partial charge in [-0.2, -0.15) is 0 Å². The highest BCUT2D eigenvalue weighted by atomic mass is 16.6. The van der Waals surface area contributed by atoms with Gasteiger partial charge in [-0.15, -0.1) is 0 Å². The highest BCUT2D eigenvalue weighted by Gasteiger charge is 2.38. The van der Waals surface area contributed by atoms with Crippen LogP contribution in [0, 0.1) is 6.92 Å². The van der Waals surface area contributed by atoms with Crippen LogP contribution in [0.15, 0.2) is 36.3 Å². The second-order valence-corrected chi connectivity index (χ2v) is 5.81. The summed E-state index contributed by atoms with van der Waals surface area (Å²) in [6.07, 6.45) is 5.61. The van der Waals surface area contributed by atoms with Crippen LogP contribution in [-0.4, -0.2) is 19.1 Å². The molecule has 1 aromatic rings. The molecule has 1 heterocycles. The third kappa shape index (κ3) is 2.89. The smallest absolute Gasteiger partial charge is 0.290 e. The van der Waals surface area contributed by atoms with Crippen LogP contribution in [-0.2, 0) is 19.8 Å². The molecule has 0 spiro atoms. The van der Waals surface area contributed by atoms with Crippen molar-refractivity contribution in [2.45, 2.75) is 38.1 Å². The van der Waals surface area contributed by atoms with Gasteiger partial charge in [0.1, 0.15) is 19.5 Å². The zero-order valence-corrected chi connectivity index (χ0v) is 12.4. The highest BCUT2D eigenvalue weighted by Crippen LogP contribution is 2.39. The SMILES string of the molecule is Cc1cccc(C2(NC(=O)C3=COCCO3)CCCC2)c1. The van der Waals surface area contributed by atoms with E-state index in [1.807, 2.05) is 0 Å². The summed E-state index contributed by atoms with van der Waals surface area (Å²) < 4.78 is 10.6. The molecule has 4 nitrogen and oxygen atoms in total. The molecule has 0 saturated heterocycles. The second kappa shape index (κ2) is 5.80. The number of rotatable bonds is 3. The molecule has 1 saturated carbocycles. The van der Waals surface area contributed by atoms with Crippen LogP contribution in [0.25, 0.3) is 0 Å². The molecule has 1 fully saturated rings. The van der Waals surface area contributed by atoms with Crippen LogP contribution >= 0.6 is 0 Å². The van der Waals surface area contributed by atoms with E-state index < -0.39 is 0 Å². The Labute approximate surface area is 125 Å². The van der Waals surface area contributed by atoms with E-state index in [-0.39, 0.29) is 17.2 Å². The molecule has 1 aromatic carbocycles. The molecule has 1 amide bonds. The standard InChI is InChI=1S/C17H21NO3/c1-13-5-4-6-14(11-13)17(7-2-3-8-17)18-16(19)15-12-20-9-10-21-15/h4-6,11-12H,2-3,7-10H2,1H3,(H,18,19). The number of benzene rings is 1. The van der Waals surface area contributed by atoms with E-state index in [1.54, 1.807) is 0 Å². The monoisotopic (exact) mass is 287 g/mol. The molecular formula is C17H21NO3. The number of ether oxygens (including phenoxy) is 2. The Morgan fingerprint density at radius 2 is 2.05 bits per heavy atom. The fourth-order valence-electron chi connectivity index (χ4n) is 3.17. The van der Waals surface area contributed by atoms with Crippen molar-refractivity contribution < 1.29 is 14.3 Å². The Morgan fingerprint density at radius 1 is 1.24 bits per heavy atom. The van der Waals surface area contributed by atoms with Gasteiger partial charge in [-0.1, -0.05) is 42.7 Å². The number of aryl methyl sites for hydroxylation is 1. The lowest BCUT2D eigenvalue weighted by Gasteiger charge is -2.32. The molecule has 3 rings (SSSR count). The number of amides is 1. The van der Waals surface area contributed by atoms with Crippen LogP contribution in [0.3, 0.4) is 0 Å². The summed E-state index contributed by atoms with van der Waals surface area (Å²) in [5, 5.41) is 3.19. The predicted molar refractivity (Wildman–Crippen MR) is 79.5 cm³/mol. The van der Waals surface area contributed by atoms with E-state index in [1.165, 1.54) is 17.4 Å². The molecule has 0 aromatic heterocycles. The zero-order valence-electron chi connectivity index (χ0n) is 12.4. The number of hydrogen-bond acceptors (Lipinski definition) is 3. The van der Waals surface area contributed by atoms with E-state index in [9.17, 15) is 4.79 Å². The van der Waals surface area contributed by atoms with Gasteiger partial charge in [-0.25, -0.2) is 0 Å². The Balaban J connectivity index is 1.84. The molecular weight excluding hydrogens is 266 g/mol. The van der Waals surface area contributed by atoms with Gasteiger partial charge in [0.15, 0.2) is 0 Å². The van der Waals surface area contributed by atoms with Crippen molar-refractivity contribution in [1.29, 1.82) is 0 Å². The zero-order chi connectivity index (χ0) is 14.7. The molecule has 4 heteroatoms. The number of hydrogen-bond donors (Lipinski definition) is 1. The van der Waals surface area contributed by atoms with Crippen LogP contribution < -0.4 is 5.32 Å². The normalized spacial score (nSPS) is 20.1. The molecule has 0 unspecified atom stereocenters. The van der Waals surface area contributed by atoms with Gasteiger partial charge in [-0.05, 0) is 25.3 Å². The Hall–Kier alpha value is -1.97. The van der Waals surface area contributed by atoms with Crippen LogP contribution in [0.4, 0.5) is 0 Å². The first-order chi connectivity index (χ1) is 10.2. The quantitative estimate of drug-likeness (QED) is 0.930. The minimum Gasteiger partial charge on any atom is -0.494 e. The van der Waals surface area contributed by atoms with Crippen LogP contribution in [0.1, 0.15) is 36.8 Å². The number of nitrogens with one attached hydrogen (secondary N) is 1. The van der Waals surface area contributed by atoms with E-state index in [0.717, 1.165) is 25.7 Å². The largest absolute Gasteiger partial charge is 0.494 e. The lowest BCUT2D eigenvalue weighted by Crippen LogP contribution is -2.45. The molecule has 0 radical (unpaired) electrons. The van der Waals surface area contributed by atoms with Gasteiger partial charge in [0.25, 0.3) is 5.91 Å². The lowest BCUT2D eigenvalue weighted by atomic mass is 9.87. The van der Waals surface area contributed by atoms with Crippen LogP contribution in [0.2, 0.25) is 0 Å². The first kappa shape index (κ1) is 14.0. The van der Waals surface area contributed by atoms with Crippen molar-refractivity contribution in [2.75, 3.05) is 13.2 Å². The van der Waals surface area contributed by atoms with Crippen molar-refractivity contribution in [3.63, 3.8) is 0 Å². The summed E-state index contributed by atoms with van der Waals surface area (Å²) in [6, 6.07) is 8.40. The molecule has 1 N–H and O–H groups in total. The minimum atomic E-state index is -0.273. The summed E-state index contributed by atoms with van der Waals surface area (Å²) >= 11 is 0. The van der Waals surface area contributed by atoms with Gasteiger partial charge < -0.3 is 14.8 Å². The average molecular weight is 287 g/mol. The van der Waals surface area contributed by atoms with Crippen molar-refractivity contribution in [3.8, 4) is 0 Å². The van der Waals surface area contributed by atoms with Crippen molar-refractivity contribution in [3.05, 3.63) is 47.4 Å². The van der Waals surface area contributed by atoms with Crippen LogP contribution in [0.5, 0.6) is 0 Å². The van der Waals surface area contributed by atoms with Gasteiger partial charge in [-0.3, -0.25) is 4.79 Å². The van der Waals surface area contributed by atoms with Gasteiger partial charge in [0.05, 0.1) is 5.54 Å². The maximum atomic E-state index is 12.4. The van der Waals surface area contributed by atoms with Gasteiger partial charge >= 0.3 is 0 Å². The second-order valence-electron chi connectivity index (χ2n) is 5.81. The molecule has 0 atom stereocenters. The summed E-state index contributed by atoms with van der Waals surface area (Å²) in [4.78, 5) is 12.4. The maximum absolute atomic E-state index is 12.4. The summed E-state index contributed by atoms with van der Waals surface area (Å²) in [5.74, 6) is 0.0956. The van der Waals surface area contributed by atoms with E-state index >= 15 is 0 Å². The molecule has 2 aliphatic rings. The van der Waals surface area contributed by atoms with E-state index in [2.05, 4.69) is 36.5 Å². The summed E-state index contributed by atoms with van der Waals surface area (Å²) in [6.45, 7) is 3.01. The maximum Gasteiger partial charge on any atom is 0.290 e. The molecule has 112 valence electrons. The van der Waals surface area contributed by atoms with E-state index in [4.69, 9.17) is 9.47 Å². The lowest BCUT2D eigenvalue weighted by molar-refractivity contribution is -0.124. The first-order valence-electron chi connectivity index (χ1n) is 7.54. The topological polar surface area (TPSA) is 47.6 Å². The number of carbonyl (C=O) groups excluding carboxylic acids is 1. The third-order valence-electron chi connectivity index (χ3n) is 4.25. The minimum absolute atomic E-state index is 0.182. The Kier molecular flexibility index (Phi) is 3.86. The summed E-state index contributed by atoms with van der Waals surface area (Å²) in [5.41, 5.74) is 2.13. The van der Waals surface area contributed by atoms with E-state index in [0.29, 0.717) is 13.2 Å². The average Bonchev–Trinajstić information content (AvgIpc) is 2.98. The fraction of sp³-hybridized carbons (Fsp3) is 0.471. The van der Waals surface area contributed by atoms with Gasteiger partial charge in [0, 0.05) is 0 Å². The Bertz CT molecular complexity index is 559. The third-order valence-corrected chi connectivity index (χ3v) is 4.25. The molecule has 1 aliphatic heterocycles. The van der Waals surface area contributed by atoms with Gasteiger partial charge in [0.2, 0.25) is 5.76 Å². The summed E-state index contributed by atoms with van der Waals surface area (Å²) in [7, 11) is 0.